The number of carbonyl (C=O) groups is 1. The number of hydrogen-bond donors (Lipinski definition) is 1. The van der Waals surface area contributed by atoms with Crippen LogP contribution in [0.25, 0.3) is 0 Å². The zero-order valence-electron chi connectivity index (χ0n) is 14.6. The molecule has 24 heavy (non-hydrogen) atoms. The molecule has 2 aliphatic rings. The predicted octanol–water partition coefficient (Wildman–Crippen LogP) is 3.09. The largest absolute Gasteiger partial charge is 0.462 e. The first-order valence-corrected chi connectivity index (χ1v) is 9.27. The van der Waals surface area contributed by atoms with Gasteiger partial charge in [0.1, 0.15) is 6.61 Å². The summed E-state index contributed by atoms with van der Waals surface area (Å²) in [5.41, 5.74) is -0.843. The van der Waals surface area contributed by atoms with Gasteiger partial charge >= 0.3 is 5.97 Å². The second-order valence-electron chi connectivity index (χ2n) is 7.34. The Hall–Kier alpha value is -1.39. The fourth-order valence-electron chi connectivity index (χ4n) is 4.19. The molecule has 1 saturated carbocycles. The van der Waals surface area contributed by atoms with Gasteiger partial charge in [0.15, 0.2) is 5.60 Å². The number of aliphatic hydroxyl groups is 1. The fraction of sp³-hybridized carbons (Fsp3) is 0.650. The molecule has 0 bridgehead atoms. The van der Waals surface area contributed by atoms with E-state index in [9.17, 15) is 9.90 Å². The van der Waals surface area contributed by atoms with E-state index in [2.05, 4.69) is 11.9 Å². The molecule has 0 amide bonds. The van der Waals surface area contributed by atoms with Gasteiger partial charge in [0.2, 0.25) is 0 Å². The summed E-state index contributed by atoms with van der Waals surface area (Å²) >= 11 is 0. The van der Waals surface area contributed by atoms with Crippen LogP contribution in [-0.2, 0) is 15.1 Å². The molecule has 1 N–H and O–H groups in total. The van der Waals surface area contributed by atoms with Crippen molar-refractivity contribution in [3.8, 4) is 0 Å². The molecule has 1 aromatic rings. The van der Waals surface area contributed by atoms with E-state index in [0.717, 1.165) is 38.6 Å². The molecular weight excluding hydrogens is 302 g/mol. The molecule has 1 aliphatic carbocycles. The van der Waals surface area contributed by atoms with Crippen molar-refractivity contribution in [2.45, 2.75) is 56.6 Å². The summed E-state index contributed by atoms with van der Waals surface area (Å²) in [7, 11) is 2.08. The van der Waals surface area contributed by atoms with Crippen LogP contribution in [0.5, 0.6) is 0 Å². The average molecular weight is 331 g/mol. The number of likely N-dealkylation sites (tertiary alicyclic amines) is 1. The molecule has 3 rings (SSSR count). The standard InChI is InChI=1S/C20H29NO3/c1-21-14-8-7-13-18(21)15-24-19(22)20(23,17-11-5-6-12-17)16-9-3-2-4-10-16/h2-4,9-10,17-18,23H,5-8,11-15H2,1H3/t18-,20-/m1/s1. The minimum atomic E-state index is -1.51. The maximum absolute atomic E-state index is 12.9. The summed E-state index contributed by atoms with van der Waals surface area (Å²) < 4.78 is 5.65. The second-order valence-corrected chi connectivity index (χ2v) is 7.34. The lowest BCUT2D eigenvalue weighted by Crippen LogP contribution is -2.46. The first-order chi connectivity index (χ1) is 11.6. The van der Waals surface area contributed by atoms with E-state index >= 15 is 0 Å². The Kier molecular flexibility index (Phi) is 5.57. The van der Waals surface area contributed by atoms with Crippen LogP contribution in [0.3, 0.4) is 0 Å². The van der Waals surface area contributed by atoms with Crippen LogP contribution in [0.15, 0.2) is 30.3 Å². The van der Waals surface area contributed by atoms with Crippen LogP contribution in [0.1, 0.15) is 50.5 Å². The molecule has 132 valence electrons. The van der Waals surface area contributed by atoms with E-state index < -0.39 is 11.6 Å². The number of rotatable bonds is 5. The first-order valence-electron chi connectivity index (χ1n) is 9.27. The SMILES string of the molecule is CN1CCCC[C@@H]1COC(=O)[C@@](O)(c1ccccc1)C1CCCC1. The molecule has 4 nitrogen and oxygen atoms in total. The quantitative estimate of drug-likeness (QED) is 0.843. The number of likely N-dealkylation sites (N-methyl/N-ethyl adjacent to an activating group) is 1. The Bertz CT molecular complexity index is 541. The van der Waals surface area contributed by atoms with Crippen molar-refractivity contribution in [2.75, 3.05) is 20.2 Å². The van der Waals surface area contributed by atoms with E-state index in [1.54, 1.807) is 0 Å². The van der Waals surface area contributed by atoms with Gasteiger partial charge in [-0.05, 0) is 44.8 Å². The number of carbonyl (C=O) groups excluding carboxylic acids is 1. The van der Waals surface area contributed by atoms with Gasteiger partial charge in [-0.1, -0.05) is 49.6 Å². The fourth-order valence-corrected chi connectivity index (χ4v) is 4.19. The van der Waals surface area contributed by atoms with Gasteiger partial charge in [-0.2, -0.15) is 0 Å². The van der Waals surface area contributed by atoms with Crippen molar-refractivity contribution in [2.24, 2.45) is 5.92 Å². The first kappa shape index (κ1) is 17.4. The third-order valence-corrected chi connectivity index (χ3v) is 5.80. The van der Waals surface area contributed by atoms with Crippen molar-refractivity contribution in [1.82, 2.24) is 4.90 Å². The average Bonchev–Trinajstić information content (AvgIpc) is 3.16. The molecule has 2 atom stereocenters. The third-order valence-electron chi connectivity index (χ3n) is 5.80. The molecular formula is C20H29NO3. The van der Waals surface area contributed by atoms with Crippen molar-refractivity contribution < 1.29 is 14.6 Å². The third kappa shape index (κ3) is 3.50. The van der Waals surface area contributed by atoms with Crippen LogP contribution in [0, 0.1) is 5.92 Å². The Morgan fingerprint density at radius 1 is 1.17 bits per heavy atom. The summed E-state index contributed by atoms with van der Waals surface area (Å²) in [5.74, 6) is -0.518. The van der Waals surface area contributed by atoms with Gasteiger partial charge in [-0.25, -0.2) is 4.79 Å². The number of hydrogen-bond acceptors (Lipinski definition) is 4. The Labute approximate surface area is 144 Å². The minimum absolute atomic E-state index is 0.0449. The van der Waals surface area contributed by atoms with Crippen molar-refractivity contribution in [3.63, 3.8) is 0 Å². The smallest absolute Gasteiger partial charge is 0.343 e. The van der Waals surface area contributed by atoms with Gasteiger partial charge in [0.25, 0.3) is 0 Å². The molecule has 4 heteroatoms. The number of ether oxygens (including phenoxy) is 1. The molecule has 1 aromatic carbocycles. The number of esters is 1. The monoisotopic (exact) mass is 331 g/mol. The van der Waals surface area contributed by atoms with E-state index in [-0.39, 0.29) is 12.0 Å². The van der Waals surface area contributed by atoms with Crippen LogP contribution in [-0.4, -0.2) is 42.2 Å². The highest BCUT2D eigenvalue weighted by atomic mass is 16.6. The highest BCUT2D eigenvalue weighted by molar-refractivity contribution is 5.81. The van der Waals surface area contributed by atoms with Gasteiger partial charge < -0.3 is 14.7 Å². The topological polar surface area (TPSA) is 49.8 Å². The van der Waals surface area contributed by atoms with E-state index in [0.29, 0.717) is 12.2 Å². The minimum Gasteiger partial charge on any atom is -0.462 e. The highest BCUT2D eigenvalue weighted by Crippen LogP contribution is 2.41. The molecule has 0 aromatic heterocycles. The van der Waals surface area contributed by atoms with E-state index in [1.807, 2.05) is 30.3 Å². The van der Waals surface area contributed by atoms with Crippen LogP contribution in [0.4, 0.5) is 0 Å². The van der Waals surface area contributed by atoms with Gasteiger partial charge in [-0.15, -0.1) is 0 Å². The van der Waals surface area contributed by atoms with Gasteiger partial charge in [-0.3, -0.25) is 0 Å². The molecule has 1 heterocycles. The number of nitrogens with zero attached hydrogens (tertiary/aromatic N) is 1. The number of piperidine rings is 1. The predicted molar refractivity (Wildman–Crippen MR) is 93.5 cm³/mol. The zero-order valence-corrected chi connectivity index (χ0v) is 14.6. The molecule has 0 unspecified atom stereocenters. The summed E-state index contributed by atoms with van der Waals surface area (Å²) in [6.45, 7) is 1.42. The van der Waals surface area contributed by atoms with Crippen LogP contribution >= 0.6 is 0 Å². The Morgan fingerprint density at radius 2 is 1.83 bits per heavy atom. The molecule has 1 aliphatic heterocycles. The van der Waals surface area contributed by atoms with Crippen LogP contribution < -0.4 is 0 Å². The Morgan fingerprint density at radius 3 is 2.50 bits per heavy atom. The maximum Gasteiger partial charge on any atom is 0.343 e. The molecule has 0 radical (unpaired) electrons. The lowest BCUT2D eigenvalue weighted by molar-refractivity contribution is -0.175. The lowest BCUT2D eigenvalue weighted by Gasteiger charge is -2.35. The van der Waals surface area contributed by atoms with E-state index in [1.165, 1.54) is 12.8 Å². The summed E-state index contributed by atoms with van der Waals surface area (Å²) in [6, 6.07) is 9.60. The number of benzene rings is 1. The summed E-state index contributed by atoms with van der Waals surface area (Å²) in [6.07, 6.45) is 7.33. The molecule has 2 fully saturated rings. The van der Waals surface area contributed by atoms with E-state index in [4.69, 9.17) is 4.74 Å². The maximum atomic E-state index is 12.9. The van der Waals surface area contributed by atoms with Gasteiger partial charge in [0, 0.05) is 12.0 Å². The normalized spacial score (nSPS) is 25.3. The van der Waals surface area contributed by atoms with Crippen LogP contribution in [0.2, 0.25) is 0 Å². The second kappa shape index (κ2) is 7.66. The summed E-state index contributed by atoms with van der Waals surface area (Å²) in [4.78, 5) is 15.2. The lowest BCUT2D eigenvalue weighted by atomic mass is 9.80. The molecule has 0 spiro atoms. The van der Waals surface area contributed by atoms with Crippen molar-refractivity contribution >= 4 is 5.97 Å². The van der Waals surface area contributed by atoms with Crippen molar-refractivity contribution in [1.29, 1.82) is 0 Å². The molecule has 1 saturated heterocycles. The Balaban J connectivity index is 1.74. The summed E-state index contributed by atoms with van der Waals surface area (Å²) in [5, 5.41) is 11.4. The van der Waals surface area contributed by atoms with Gasteiger partial charge in [0.05, 0.1) is 0 Å². The zero-order chi connectivity index (χ0) is 17.0. The van der Waals surface area contributed by atoms with Crippen molar-refractivity contribution in [3.05, 3.63) is 35.9 Å². The highest BCUT2D eigenvalue weighted by Gasteiger charge is 2.48.